The number of ether oxygens (including phenoxy) is 1. The molecular formula is C16H32N2O4. The van der Waals surface area contributed by atoms with Crippen molar-refractivity contribution in [2.45, 2.75) is 43.8 Å². The summed E-state index contributed by atoms with van der Waals surface area (Å²) in [5, 5.41) is 29.4. The summed E-state index contributed by atoms with van der Waals surface area (Å²) in [4.78, 5) is 4.43. The lowest BCUT2D eigenvalue weighted by atomic mass is 9.89. The lowest BCUT2D eigenvalue weighted by Gasteiger charge is -2.37. The maximum Gasteiger partial charge on any atom is 0.0990 e. The fourth-order valence-electron chi connectivity index (χ4n) is 3.40. The van der Waals surface area contributed by atoms with Crippen molar-refractivity contribution in [1.82, 2.24) is 9.80 Å². The summed E-state index contributed by atoms with van der Waals surface area (Å²) in [5.74, 6) is 0.139. The highest BCUT2D eigenvalue weighted by Crippen LogP contribution is 2.25. The van der Waals surface area contributed by atoms with E-state index >= 15 is 0 Å². The van der Waals surface area contributed by atoms with Crippen molar-refractivity contribution < 1.29 is 20.1 Å². The molecule has 2 aliphatic heterocycles. The van der Waals surface area contributed by atoms with Crippen molar-refractivity contribution in [3.8, 4) is 0 Å². The van der Waals surface area contributed by atoms with E-state index in [4.69, 9.17) is 9.84 Å². The summed E-state index contributed by atoms with van der Waals surface area (Å²) in [5.41, 5.74) is -0.565. The predicted octanol–water partition coefficient (Wildman–Crippen LogP) is -0.127. The largest absolute Gasteiger partial charge is 0.396 e. The summed E-state index contributed by atoms with van der Waals surface area (Å²) >= 11 is 0. The van der Waals surface area contributed by atoms with Crippen LogP contribution in [-0.4, -0.2) is 90.0 Å². The van der Waals surface area contributed by atoms with Crippen LogP contribution in [-0.2, 0) is 4.74 Å². The number of nitrogens with zero attached hydrogens (tertiary/aromatic N) is 2. The monoisotopic (exact) mass is 316 g/mol. The molecule has 2 rings (SSSR count). The third-order valence-corrected chi connectivity index (χ3v) is 5.18. The molecule has 0 aromatic carbocycles. The molecule has 2 saturated heterocycles. The second-order valence-corrected chi connectivity index (χ2v) is 7.02. The Bertz CT molecular complexity index is 321. The fourth-order valence-corrected chi connectivity index (χ4v) is 3.40. The van der Waals surface area contributed by atoms with E-state index in [-0.39, 0.29) is 18.6 Å². The maximum absolute atomic E-state index is 10.5. The molecule has 2 heterocycles. The first-order valence-electron chi connectivity index (χ1n) is 8.52. The third-order valence-electron chi connectivity index (χ3n) is 5.18. The summed E-state index contributed by atoms with van der Waals surface area (Å²) in [6.07, 6.45) is 3.42. The van der Waals surface area contributed by atoms with E-state index in [0.29, 0.717) is 26.2 Å². The Labute approximate surface area is 133 Å². The Hall–Kier alpha value is -0.240. The summed E-state index contributed by atoms with van der Waals surface area (Å²) < 4.78 is 5.74. The average Bonchev–Trinajstić information content (AvgIpc) is 2.50. The summed E-state index contributed by atoms with van der Waals surface area (Å²) in [6, 6.07) is 0. The number of hydrogen-bond donors (Lipinski definition) is 3. The van der Waals surface area contributed by atoms with Crippen molar-refractivity contribution >= 4 is 0 Å². The minimum absolute atomic E-state index is 0.123. The van der Waals surface area contributed by atoms with Crippen LogP contribution in [0, 0.1) is 5.92 Å². The van der Waals surface area contributed by atoms with Gasteiger partial charge in [-0.1, -0.05) is 0 Å². The van der Waals surface area contributed by atoms with Gasteiger partial charge in [0, 0.05) is 32.8 Å². The number of aliphatic hydroxyl groups excluding tert-OH is 2. The average molecular weight is 316 g/mol. The van der Waals surface area contributed by atoms with E-state index in [0.717, 1.165) is 45.4 Å². The second kappa shape index (κ2) is 8.57. The van der Waals surface area contributed by atoms with Gasteiger partial charge in [0.2, 0.25) is 0 Å². The van der Waals surface area contributed by atoms with Crippen LogP contribution in [0.4, 0.5) is 0 Å². The minimum Gasteiger partial charge on any atom is -0.396 e. The number of aliphatic hydroxyl groups is 3. The van der Waals surface area contributed by atoms with Crippen LogP contribution in [0.25, 0.3) is 0 Å². The Morgan fingerprint density at radius 3 is 2.64 bits per heavy atom. The van der Waals surface area contributed by atoms with Gasteiger partial charge in [-0.25, -0.2) is 0 Å². The molecule has 0 aliphatic carbocycles. The molecule has 22 heavy (non-hydrogen) atoms. The van der Waals surface area contributed by atoms with Crippen molar-refractivity contribution in [1.29, 1.82) is 0 Å². The van der Waals surface area contributed by atoms with Crippen LogP contribution in [0.3, 0.4) is 0 Å². The molecule has 0 saturated carbocycles. The molecule has 0 spiro atoms. The van der Waals surface area contributed by atoms with E-state index in [1.54, 1.807) is 0 Å². The summed E-state index contributed by atoms with van der Waals surface area (Å²) in [7, 11) is 2.09. The maximum atomic E-state index is 10.5. The van der Waals surface area contributed by atoms with Gasteiger partial charge in [-0.15, -0.1) is 0 Å². The normalized spacial score (nSPS) is 30.5. The molecule has 130 valence electrons. The number of rotatable bonds is 7. The lowest BCUT2D eigenvalue weighted by molar-refractivity contribution is -0.0687. The smallest absolute Gasteiger partial charge is 0.0990 e. The van der Waals surface area contributed by atoms with Crippen LogP contribution < -0.4 is 0 Å². The molecule has 2 fully saturated rings. The molecule has 0 amide bonds. The van der Waals surface area contributed by atoms with E-state index < -0.39 is 5.60 Å². The standard InChI is InChI=1S/C16H32N2O4/c1-17-8-4-16(21,5-9-17)6-11-22-13-18-7-2-15(20)14(12-18)3-10-19/h14-15,19-21H,2-13H2,1H3. The van der Waals surface area contributed by atoms with Gasteiger partial charge in [0.1, 0.15) is 0 Å². The molecule has 0 aromatic heterocycles. The number of piperidine rings is 2. The zero-order valence-corrected chi connectivity index (χ0v) is 13.8. The van der Waals surface area contributed by atoms with Crippen LogP contribution in [0.5, 0.6) is 0 Å². The molecule has 2 unspecified atom stereocenters. The first-order chi connectivity index (χ1) is 10.5. The SMILES string of the molecule is CN1CCC(O)(CCOCN2CCC(O)C(CCO)C2)CC1. The van der Waals surface area contributed by atoms with E-state index in [1.807, 2.05) is 0 Å². The highest BCUT2D eigenvalue weighted by atomic mass is 16.5. The van der Waals surface area contributed by atoms with Crippen molar-refractivity contribution in [3.05, 3.63) is 0 Å². The topological polar surface area (TPSA) is 76.4 Å². The zero-order chi connectivity index (χ0) is 16.0. The fraction of sp³-hybridized carbons (Fsp3) is 1.00. The first-order valence-corrected chi connectivity index (χ1v) is 8.52. The van der Waals surface area contributed by atoms with Gasteiger partial charge >= 0.3 is 0 Å². The lowest BCUT2D eigenvalue weighted by Crippen LogP contribution is -2.45. The Kier molecular flexibility index (Phi) is 7.05. The minimum atomic E-state index is -0.565. The quantitative estimate of drug-likeness (QED) is 0.568. The van der Waals surface area contributed by atoms with Crippen LogP contribution in [0.15, 0.2) is 0 Å². The molecule has 2 aliphatic rings. The molecule has 6 nitrogen and oxygen atoms in total. The van der Waals surface area contributed by atoms with Crippen LogP contribution in [0.2, 0.25) is 0 Å². The highest BCUT2D eigenvalue weighted by Gasteiger charge is 2.31. The van der Waals surface area contributed by atoms with E-state index in [9.17, 15) is 10.2 Å². The number of hydrogen-bond acceptors (Lipinski definition) is 6. The van der Waals surface area contributed by atoms with Crippen LogP contribution in [0.1, 0.15) is 32.1 Å². The van der Waals surface area contributed by atoms with Gasteiger partial charge in [-0.2, -0.15) is 0 Å². The molecule has 6 heteroatoms. The molecule has 3 N–H and O–H groups in total. The van der Waals surface area contributed by atoms with Crippen molar-refractivity contribution in [3.63, 3.8) is 0 Å². The molecular weight excluding hydrogens is 284 g/mol. The second-order valence-electron chi connectivity index (χ2n) is 7.02. The Balaban J connectivity index is 1.62. The van der Waals surface area contributed by atoms with Gasteiger partial charge in [0.25, 0.3) is 0 Å². The van der Waals surface area contributed by atoms with Gasteiger partial charge in [0.15, 0.2) is 0 Å². The zero-order valence-electron chi connectivity index (χ0n) is 13.8. The summed E-state index contributed by atoms with van der Waals surface area (Å²) in [6.45, 7) is 4.74. The third kappa shape index (κ3) is 5.44. The predicted molar refractivity (Wildman–Crippen MR) is 84.5 cm³/mol. The highest BCUT2D eigenvalue weighted by molar-refractivity contribution is 4.84. The van der Waals surface area contributed by atoms with Gasteiger partial charge in [-0.05, 0) is 45.1 Å². The Morgan fingerprint density at radius 1 is 1.23 bits per heavy atom. The van der Waals surface area contributed by atoms with Crippen LogP contribution >= 0.6 is 0 Å². The molecule has 0 radical (unpaired) electrons. The van der Waals surface area contributed by atoms with Gasteiger partial charge in [-0.3, -0.25) is 4.90 Å². The molecule has 0 aromatic rings. The molecule has 2 atom stereocenters. The molecule has 0 bridgehead atoms. The van der Waals surface area contributed by atoms with E-state index in [1.165, 1.54) is 0 Å². The number of likely N-dealkylation sites (tertiary alicyclic amines) is 2. The van der Waals surface area contributed by atoms with Crippen molar-refractivity contribution in [2.24, 2.45) is 5.92 Å². The van der Waals surface area contributed by atoms with Gasteiger partial charge < -0.3 is 25.0 Å². The first kappa shape index (κ1) is 18.1. The van der Waals surface area contributed by atoms with Gasteiger partial charge in [0.05, 0.1) is 25.0 Å². The van der Waals surface area contributed by atoms with Crippen molar-refractivity contribution in [2.75, 3.05) is 53.2 Å². The Morgan fingerprint density at radius 2 is 1.95 bits per heavy atom. The van der Waals surface area contributed by atoms with E-state index in [2.05, 4.69) is 16.8 Å².